The maximum atomic E-state index is 10.1. The zero-order chi connectivity index (χ0) is 22.4. The van der Waals surface area contributed by atoms with Crippen LogP contribution in [0.3, 0.4) is 0 Å². The minimum Gasteiger partial charge on any atom is -1.00 e. The van der Waals surface area contributed by atoms with Crippen LogP contribution in [0.15, 0.2) is 54.9 Å². The molecule has 0 atom stereocenters. The molecule has 0 saturated carbocycles. The number of aromatic nitrogens is 1. The molecule has 2 aromatic rings. The molecule has 0 amide bonds. The molecule has 180 valence electrons. The summed E-state index contributed by atoms with van der Waals surface area (Å²) in [7, 11) is 0. The van der Waals surface area contributed by atoms with Gasteiger partial charge >= 0.3 is 0 Å². The minimum atomic E-state index is 0. The Labute approximate surface area is 202 Å². The van der Waals surface area contributed by atoms with E-state index in [-0.39, 0.29) is 18.2 Å². The van der Waals surface area contributed by atoms with Gasteiger partial charge in [-0.05, 0) is 18.6 Å². The van der Waals surface area contributed by atoms with Gasteiger partial charge in [-0.25, -0.2) is 4.57 Å². The summed E-state index contributed by atoms with van der Waals surface area (Å²) >= 11 is 0. The summed E-state index contributed by atoms with van der Waals surface area (Å²) in [6.07, 6.45) is 25.0. The number of aryl methyl sites for hydroxylation is 1. The number of phenols is 1. The second kappa shape index (κ2) is 22.3. The standard InChI is InChI=1S/C21H38N.C7H6O2.ClH/c1-2-3-4-5-6-7-8-9-10-11-12-13-14-16-19-22-20-17-15-18-21-22;8-5-6-3-1-2-4-7(6)9;/h15,17-18,20-21H,2-14,16,19H2,1H3;1-5,9H;1H/q+1;;/p-1. The lowest BCUT2D eigenvalue weighted by atomic mass is 10.0. The number of aromatic hydroxyl groups is 1. The quantitative estimate of drug-likeness (QED) is 0.224. The number of pyridine rings is 1. The first-order valence-corrected chi connectivity index (χ1v) is 12.4. The van der Waals surface area contributed by atoms with Crippen molar-refractivity contribution >= 4 is 6.29 Å². The van der Waals surface area contributed by atoms with Gasteiger partial charge in [-0.15, -0.1) is 0 Å². The molecule has 1 aromatic heterocycles. The van der Waals surface area contributed by atoms with Gasteiger partial charge in [0, 0.05) is 18.6 Å². The Hall–Kier alpha value is -1.87. The van der Waals surface area contributed by atoms with Crippen LogP contribution >= 0.6 is 0 Å². The molecular formula is C28H44ClNO2. The monoisotopic (exact) mass is 461 g/mol. The lowest BCUT2D eigenvalue weighted by Crippen LogP contribution is -3.00. The first kappa shape index (κ1) is 30.1. The Bertz CT molecular complexity index is 663. The van der Waals surface area contributed by atoms with Crippen LogP contribution in [0.2, 0.25) is 0 Å². The van der Waals surface area contributed by atoms with Crippen LogP contribution in [0.4, 0.5) is 0 Å². The molecule has 2 rings (SSSR count). The molecule has 0 aliphatic carbocycles. The normalized spacial score (nSPS) is 10.0. The smallest absolute Gasteiger partial charge is 0.168 e. The van der Waals surface area contributed by atoms with Gasteiger partial charge in [0.05, 0.1) is 5.56 Å². The van der Waals surface area contributed by atoms with Crippen molar-refractivity contribution in [2.75, 3.05) is 0 Å². The number of aldehydes is 1. The van der Waals surface area contributed by atoms with E-state index in [1.807, 2.05) is 0 Å². The molecule has 0 aliphatic rings. The summed E-state index contributed by atoms with van der Waals surface area (Å²) in [6, 6.07) is 12.7. The fourth-order valence-corrected chi connectivity index (χ4v) is 3.66. The molecule has 4 heteroatoms. The molecule has 1 aromatic carbocycles. The molecule has 1 N–H and O–H groups in total. The van der Waals surface area contributed by atoms with Gasteiger partial charge in [-0.1, -0.05) is 102 Å². The number of rotatable bonds is 16. The molecule has 0 radical (unpaired) electrons. The number of para-hydroxylation sites is 1. The zero-order valence-electron chi connectivity index (χ0n) is 20.1. The van der Waals surface area contributed by atoms with E-state index in [0.29, 0.717) is 11.8 Å². The number of hydrogen-bond acceptors (Lipinski definition) is 2. The SMILES string of the molecule is CCCCCCCCCCCCCCCC[n+]1ccccc1.O=Cc1ccccc1O.[Cl-]. The first-order valence-electron chi connectivity index (χ1n) is 12.4. The number of benzene rings is 1. The van der Waals surface area contributed by atoms with Gasteiger partial charge in [0.1, 0.15) is 12.3 Å². The second-order valence-electron chi connectivity index (χ2n) is 8.39. The van der Waals surface area contributed by atoms with Crippen molar-refractivity contribution in [3.63, 3.8) is 0 Å². The van der Waals surface area contributed by atoms with E-state index in [9.17, 15) is 4.79 Å². The lowest BCUT2D eigenvalue weighted by Gasteiger charge is -2.02. The molecule has 0 aliphatic heterocycles. The van der Waals surface area contributed by atoms with E-state index >= 15 is 0 Å². The molecule has 0 bridgehead atoms. The highest BCUT2D eigenvalue weighted by molar-refractivity contribution is 5.78. The van der Waals surface area contributed by atoms with Crippen molar-refractivity contribution in [2.24, 2.45) is 0 Å². The van der Waals surface area contributed by atoms with Gasteiger partial charge in [0.2, 0.25) is 0 Å². The predicted octanol–water partition coefficient (Wildman–Crippen LogP) is 4.66. The van der Waals surface area contributed by atoms with E-state index in [2.05, 4.69) is 42.1 Å². The maximum absolute atomic E-state index is 10.1. The Morgan fingerprint density at radius 1 is 0.688 bits per heavy atom. The van der Waals surface area contributed by atoms with Crippen LogP contribution < -0.4 is 17.0 Å². The number of hydrogen-bond donors (Lipinski definition) is 1. The summed E-state index contributed by atoms with van der Waals surface area (Å²) in [4.78, 5) is 10.1. The Morgan fingerprint density at radius 2 is 1.16 bits per heavy atom. The van der Waals surface area contributed by atoms with Crippen molar-refractivity contribution < 1.29 is 26.9 Å². The Morgan fingerprint density at radius 3 is 1.59 bits per heavy atom. The van der Waals surface area contributed by atoms with Crippen LogP contribution in [0, 0.1) is 0 Å². The minimum absolute atomic E-state index is 0. The number of unbranched alkanes of at least 4 members (excludes halogenated alkanes) is 13. The van der Waals surface area contributed by atoms with Crippen LogP contribution in [0.25, 0.3) is 0 Å². The van der Waals surface area contributed by atoms with E-state index in [0.717, 1.165) is 0 Å². The van der Waals surface area contributed by atoms with Crippen LogP contribution in [-0.2, 0) is 6.54 Å². The molecule has 0 fully saturated rings. The predicted molar refractivity (Wildman–Crippen MR) is 130 cm³/mol. The van der Waals surface area contributed by atoms with Crippen molar-refractivity contribution in [1.82, 2.24) is 0 Å². The third kappa shape index (κ3) is 16.8. The van der Waals surface area contributed by atoms with Gasteiger partial charge in [0.15, 0.2) is 18.7 Å². The lowest BCUT2D eigenvalue weighted by molar-refractivity contribution is -0.697. The summed E-state index contributed by atoms with van der Waals surface area (Å²) in [6.45, 7) is 3.47. The average molecular weight is 462 g/mol. The van der Waals surface area contributed by atoms with E-state index < -0.39 is 0 Å². The molecular weight excluding hydrogens is 418 g/mol. The number of carbonyl (C=O) groups excluding carboxylic acids is 1. The fraction of sp³-hybridized carbons (Fsp3) is 0.571. The topological polar surface area (TPSA) is 41.2 Å². The Kier molecular flexibility index (Phi) is 21.0. The molecule has 3 nitrogen and oxygen atoms in total. The summed E-state index contributed by atoms with van der Waals surface area (Å²) in [5, 5.41) is 8.88. The number of halogens is 1. The van der Waals surface area contributed by atoms with Crippen LogP contribution in [0.1, 0.15) is 107 Å². The summed E-state index contributed by atoms with van der Waals surface area (Å²) < 4.78 is 2.29. The molecule has 1 heterocycles. The van der Waals surface area contributed by atoms with Crippen molar-refractivity contribution in [3.05, 3.63) is 60.4 Å². The van der Waals surface area contributed by atoms with E-state index in [1.165, 1.54) is 103 Å². The molecule has 0 spiro atoms. The van der Waals surface area contributed by atoms with Gasteiger partial charge in [-0.2, -0.15) is 0 Å². The molecule has 0 saturated heterocycles. The zero-order valence-corrected chi connectivity index (χ0v) is 20.8. The summed E-state index contributed by atoms with van der Waals surface area (Å²) in [5.74, 6) is 0.0347. The van der Waals surface area contributed by atoms with E-state index in [4.69, 9.17) is 5.11 Å². The highest BCUT2D eigenvalue weighted by Gasteiger charge is 1.98. The van der Waals surface area contributed by atoms with Crippen molar-refractivity contribution in [1.29, 1.82) is 0 Å². The second-order valence-corrected chi connectivity index (χ2v) is 8.39. The molecule has 0 unspecified atom stereocenters. The van der Waals surface area contributed by atoms with Gasteiger partial charge < -0.3 is 17.5 Å². The molecule has 32 heavy (non-hydrogen) atoms. The van der Waals surface area contributed by atoms with Gasteiger partial charge in [0.25, 0.3) is 0 Å². The van der Waals surface area contributed by atoms with Crippen LogP contribution in [0.5, 0.6) is 5.75 Å². The largest absolute Gasteiger partial charge is 1.00 e. The summed E-state index contributed by atoms with van der Waals surface area (Å²) in [5.41, 5.74) is 0.331. The van der Waals surface area contributed by atoms with Crippen molar-refractivity contribution in [3.8, 4) is 5.75 Å². The van der Waals surface area contributed by atoms with E-state index in [1.54, 1.807) is 18.2 Å². The highest BCUT2D eigenvalue weighted by atomic mass is 35.5. The number of carbonyl (C=O) groups is 1. The fourth-order valence-electron chi connectivity index (χ4n) is 3.66. The Balaban J connectivity index is 0.000000803. The third-order valence-electron chi connectivity index (χ3n) is 5.61. The van der Waals surface area contributed by atoms with Crippen molar-refractivity contribution in [2.45, 2.75) is 103 Å². The third-order valence-corrected chi connectivity index (χ3v) is 5.61. The highest BCUT2D eigenvalue weighted by Crippen LogP contribution is 2.13. The number of phenolic OH excluding ortho intramolecular Hbond substituents is 1. The number of nitrogens with zero attached hydrogens (tertiary/aromatic N) is 1. The first-order chi connectivity index (χ1) is 15.3. The van der Waals surface area contributed by atoms with Gasteiger partial charge in [-0.3, -0.25) is 4.79 Å². The van der Waals surface area contributed by atoms with Crippen LogP contribution in [-0.4, -0.2) is 11.4 Å². The maximum Gasteiger partial charge on any atom is 0.168 e. The average Bonchev–Trinajstić information content (AvgIpc) is 2.81.